The number of carbonyl (C=O) groups is 2. The van der Waals surface area contributed by atoms with Crippen molar-refractivity contribution in [3.63, 3.8) is 0 Å². The van der Waals surface area contributed by atoms with Crippen LogP contribution in [0.4, 0.5) is 10.5 Å². The zero-order valence-electron chi connectivity index (χ0n) is 14.7. The standard InChI is InChI=1S/C21H20BrClN2O2/c22-15-9-10-19-18(11-15)20(26)25(17-8-4-7-16(23)12-17)21(27)24(19)13-14-5-2-1-3-6-14/h1-8,12,15,18-19H,9-11,13H2. The van der Waals surface area contributed by atoms with Gasteiger partial charge in [-0.05, 0) is 43.0 Å². The van der Waals surface area contributed by atoms with E-state index in [-0.39, 0.29) is 23.9 Å². The smallest absolute Gasteiger partial charge is 0.316 e. The summed E-state index contributed by atoms with van der Waals surface area (Å²) in [5, 5.41) is 0.506. The number of anilines is 1. The zero-order valence-corrected chi connectivity index (χ0v) is 17.1. The second-order valence-electron chi connectivity index (χ2n) is 7.13. The maximum Gasteiger partial charge on any atom is 0.331 e. The van der Waals surface area contributed by atoms with E-state index < -0.39 is 0 Å². The van der Waals surface area contributed by atoms with E-state index in [0.29, 0.717) is 22.1 Å². The first-order valence-electron chi connectivity index (χ1n) is 9.12. The summed E-state index contributed by atoms with van der Waals surface area (Å²) < 4.78 is 0. The molecule has 1 saturated carbocycles. The quantitative estimate of drug-likeness (QED) is 0.604. The Kier molecular flexibility index (Phi) is 5.24. The number of halogens is 2. The molecular weight excluding hydrogens is 428 g/mol. The summed E-state index contributed by atoms with van der Waals surface area (Å²) in [4.78, 5) is 30.1. The lowest BCUT2D eigenvalue weighted by atomic mass is 9.80. The van der Waals surface area contributed by atoms with Gasteiger partial charge in [0.1, 0.15) is 0 Å². The van der Waals surface area contributed by atoms with Crippen LogP contribution in [-0.2, 0) is 11.3 Å². The minimum atomic E-state index is -0.264. The van der Waals surface area contributed by atoms with Crippen LogP contribution in [0.2, 0.25) is 5.02 Å². The van der Waals surface area contributed by atoms with Gasteiger partial charge in [-0.3, -0.25) is 4.79 Å². The lowest BCUT2D eigenvalue weighted by Gasteiger charge is -2.47. The molecule has 2 aromatic rings. The van der Waals surface area contributed by atoms with Crippen molar-refractivity contribution < 1.29 is 9.59 Å². The van der Waals surface area contributed by atoms with Crippen molar-refractivity contribution >= 4 is 45.2 Å². The minimum absolute atomic E-state index is 0.0607. The van der Waals surface area contributed by atoms with Crippen LogP contribution in [0.1, 0.15) is 24.8 Å². The van der Waals surface area contributed by atoms with E-state index in [1.54, 1.807) is 24.3 Å². The highest BCUT2D eigenvalue weighted by atomic mass is 79.9. The Labute approximate surface area is 172 Å². The highest BCUT2D eigenvalue weighted by Crippen LogP contribution is 2.39. The molecule has 140 valence electrons. The van der Waals surface area contributed by atoms with Crippen LogP contribution in [0, 0.1) is 5.92 Å². The zero-order chi connectivity index (χ0) is 19.0. The van der Waals surface area contributed by atoms with Crippen LogP contribution in [0.25, 0.3) is 0 Å². The van der Waals surface area contributed by atoms with Gasteiger partial charge in [-0.25, -0.2) is 9.69 Å². The number of benzene rings is 2. The minimum Gasteiger partial charge on any atom is -0.316 e. The third-order valence-electron chi connectivity index (χ3n) is 5.39. The van der Waals surface area contributed by atoms with E-state index in [4.69, 9.17) is 11.6 Å². The average molecular weight is 448 g/mol. The monoisotopic (exact) mass is 446 g/mol. The molecule has 1 aliphatic carbocycles. The highest BCUT2D eigenvalue weighted by molar-refractivity contribution is 9.09. The van der Waals surface area contributed by atoms with Gasteiger partial charge in [0.25, 0.3) is 0 Å². The van der Waals surface area contributed by atoms with E-state index in [1.807, 2.05) is 35.2 Å². The maximum absolute atomic E-state index is 13.4. The third kappa shape index (κ3) is 3.63. The van der Waals surface area contributed by atoms with Gasteiger partial charge >= 0.3 is 6.03 Å². The first kappa shape index (κ1) is 18.5. The molecule has 4 rings (SSSR count). The normalized spacial score (nSPS) is 25.5. The van der Waals surface area contributed by atoms with Crippen LogP contribution in [0.15, 0.2) is 54.6 Å². The molecule has 3 amide bonds. The Balaban J connectivity index is 1.72. The molecule has 0 spiro atoms. The fraction of sp³-hybridized carbons (Fsp3) is 0.333. The summed E-state index contributed by atoms with van der Waals surface area (Å²) >= 11 is 9.79. The van der Waals surface area contributed by atoms with Crippen LogP contribution in [-0.4, -0.2) is 27.7 Å². The van der Waals surface area contributed by atoms with E-state index in [1.165, 1.54) is 4.90 Å². The number of alkyl halides is 1. The number of hydrogen-bond acceptors (Lipinski definition) is 2. The Morgan fingerprint density at radius 2 is 1.81 bits per heavy atom. The van der Waals surface area contributed by atoms with E-state index in [2.05, 4.69) is 15.9 Å². The SMILES string of the molecule is O=C1C2CC(Br)CCC2N(Cc2ccccc2)C(=O)N1c1cccc(Cl)c1. The lowest BCUT2D eigenvalue weighted by Crippen LogP contribution is -2.63. The number of fused-ring (bicyclic) bond motifs is 1. The first-order valence-corrected chi connectivity index (χ1v) is 10.4. The van der Waals surface area contributed by atoms with Crippen LogP contribution >= 0.6 is 27.5 Å². The first-order chi connectivity index (χ1) is 13.0. The van der Waals surface area contributed by atoms with Gasteiger partial charge < -0.3 is 4.90 Å². The molecule has 3 atom stereocenters. The molecule has 4 nitrogen and oxygen atoms in total. The van der Waals surface area contributed by atoms with Crippen LogP contribution < -0.4 is 4.90 Å². The van der Waals surface area contributed by atoms with Crippen molar-refractivity contribution in [1.29, 1.82) is 0 Å². The number of amides is 3. The molecule has 0 N–H and O–H groups in total. The number of rotatable bonds is 3. The molecule has 3 unspecified atom stereocenters. The number of imide groups is 1. The fourth-order valence-electron chi connectivity index (χ4n) is 4.09. The largest absolute Gasteiger partial charge is 0.331 e. The molecule has 1 heterocycles. The summed E-state index contributed by atoms with van der Waals surface area (Å²) in [5.41, 5.74) is 1.59. The number of carbonyl (C=O) groups excluding carboxylic acids is 2. The van der Waals surface area contributed by atoms with Crippen molar-refractivity contribution in [3.05, 3.63) is 65.2 Å². The molecule has 6 heteroatoms. The van der Waals surface area contributed by atoms with Gasteiger partial charge in [-0.2, -0.15) is 0 Å². The van der Waals surface area contributed by atoms with Crippen LogP contribution in [0.3, 0.4) is 0 Å². The molecule has 2 aromatic carbocycles. The number of urea groups is 1. The Hall–Kier alpha value is -1.85. The summed E-state index contributed by atoms with van der Waals surface area (Å²) in [5.74, 6) is -0.329. The van der Waals surface area contributed by atoms with Gasteiger partial charge in [0.15, 0.2) is 0 Å². The fourth-order valence-corrected chi connectivity index (χ4v) is 4.94. The molecule has 0 aromatic heterocycles. The van der Waals surface area contributed by atoms with Crippen molar-refractivity contribution in [2.75, 3.05) is 4.90 Å². The predicted molar refractivity (Wildman–Crippen MR) is 110 cm³/mol. The van der Waals surface area contributed by atoms with Crippen molar-refractivity contribution in [1.82, 2.24) is 4.90 Å². The number of nitrogens with zero attached hydrogens (tertiary/aromatic N) is 2. The van der Waals surface area contributed by atoms with Gasteiger partial charge in [0.2, 0.25) is 5.91 Å². The van der Waals surface area contributed by atoms with Crippen molar-refractivity contribution in [2.45, 2.75) is 36.7 Å². The Bertz CT molecular complexity index is 860. The van der Waals surface area contributed by atoms with Crippen LogP contribution in [0.5, 0.6) is 0 Å². The summed E-state index contributed by atoms with van der Waals surface area (Å²) in [6.45, 7) is 0.498. The molecule has 0 bridgehead atoms. The third-order valence-corrected chi connectivity index (χ3v) is 6.45. The molecular formula is C21H20BrClN2O2. The molecule has 1 saturated heterocycles. The topological polar surface area (TPSA) is 40.6 Å². The summed E-state index contributed by atoms with van der Waals surface area (Å²) in [6, 6.07) is 16.5. The summed E-state index contributed by atoms with van der Waals surface area (Å²) in [7, 11) is 0. The average Bonchev–Trinajstić information content (AvgIpc) is 2.66. The van der Waals surface area contributed by atoms with Gasteiger partial charge in [-0.15, -0.1) is 0 Å². The van der Waals surface area contributed by atoms with E-state index in [9.17, 15) is 9.59 Å². The molecule has 0 radical (unpaired) electrons. The second-order valence-corrected chi connectivity index (χ2v) is 8.87. The maximum atomic E-state index is 13.4. The molecule has 2 fully saturated rings. The molecule has 2 aliphatic rings. The predicted octanol–water partition coefficient (Wildman–Crippen LogP) is 5.24. The Morgan fingerprint density at radius 3 is 2.56 bits per heavy atom. The lowest BCUT2D eigenvalue weighted by molar-refractivity contribution is -0.126. The summed E-state index contributed by atoms with van der Waals surface area (Å²) in [6.07, 6.45) is 2.53. The highest BCUT2D eigenvalue weighted by Gasteiger charge is 2.48. The van der Waals surface area contributed by atoms with Gasteiger partial charge in [-0.1, -0.05) is 63.9 Å². The van der Waals surface area contributed by atoms with E-state index in [0.717, 1.165) is 24.8 Å². The Morgan fingerprint density at radius 1 is 1.04 bits per heavy atom. The van der Waals surface area contributed by atoms with Gasteiger partial charge in [0.05, 0.1) is 11.6 Å². The number of hydrogen-bond donors (Lipinski definition) is 0. The molecule has 27 heavy (non-hydrogen) atoms. The van der Waals surface area contributed by atoms with Crippen molar-refractivity contribution in [2.24, 2.45) is 5.92 Å². The van der Waals surface area contributed by atoms with E-state index >= 15 is 0 Å². The van der Waals surface area contributed by atoms with Crippen molar-refractivity contribution in [3.8, 4) is 0 Å². The molecule has 1 aliphatic heterocycles. The van der Waals surface area contributed by atoms with Gasteiger partial charge in [0, 0.05) is 22.4 Å². The second kappa shape index (κ2) is 7.64.